The molecule has 1 aliphatic heterocycles. The summed E-state index contributed by atoms with van der Waals surface area (Å²) < 4.78 is 0. The normalized spacial score (nSPS) is 24.2. The molecule has 5 nitrogen and oxygen atoms in total. The molecular formula is C14H20N4O. The van der Waals surface area contributed by atoms with Crippen molar-refractivity contribution in [1.29, 1.82) is 0 Å². The van der Waals surface area contributed by atoms with Gasteiger partial charge in [0.1, 0.15) is 6.04 Å². The van der Waals surface area contributed by atoms with Crippen LogP contribution in [0.1, 0.15) is 50.1 Å². The molecule has 102 valence electrons. The van der Waals surface area contributed by atoms with E-state index in [4.69, 9.17) is 0 Å². The SMILES string of the molecule is O=C1NCCCC1Nc1nccc(C2CCCC2)n1. The number of nitrogens with zero attached hydrogens (tertiary/aromatic N) is 2. The number of rotatable bonds is 3. The summed E-state index contributed by atoms with van der Waals surface area (Å²) in [6.07, 6.45) is 8.68. The third-order valence-electron chi connectivity index (χ3n) is 4.04. The van der Waals surface area contributed by atoms with Gasteiger partial charge in [-0.2, -0.15) is 0 Å². The van der Waals surface area contributed by atoms with E-state index in [1.807, 2.05) is 6.07 Å². The molecule has 1 atom stereocenters. The Morgan fingerprint density at radius 2 is 2.05 bits per heavy atom. The zero-order valence-electron chi connectivity index (χ0n) is 11.1. The summed E-state index contributed by atoms with van der Waals surface area (Å²) in [7, 11) is 0. The number of carbonyl (C=O) groups is 1. The van der Waals surface area contributed by atoms with Crippen molar-refractivity contribution in [1.82, 2.24) is 15.3 Å². The van der Waals surface area contributed by atoms with Gasteiger partial charge in [-0.15, -0.1) is 0 Å². The molecule has 3 rings (SSSR count). The van der Waals surface area contributed by atoms with E-state index in [2.05, 4.69) is 20.6 Å². The molecular weight excluding hydrogens is 240 g/mol. The van der Waals surface area contributed by atoms with Crippen LogP contribution in [-0.4, -0.2) is 28.5 Å². The summed E-state index contributed by atoms with van der Waals surface area (Å²) in [5.41, 5.74) is 1.12. The van der Waals surface area contributed by atoms with Crippen LogP contribution in [0.3, 0.4) is 0 Å². The molecule has 0 spiro atoms. The minimum atomic E-state index is -0.187. The van der Waals surface area contributed by atoms with Gasteiger partial charge in [-0.05, 0) is 31.7 Å². The molecule has 2 aliphatic rings. The molecule has 5 heteroatoms. The average Bonchev–Trinajstić information content (AvgIpc) is 2.96. The fourth-order valence-corrected chi connectivity index (χ4v) is 2.96. The average molecular weight is 260 g/mol. The third kappa shape index (κ3) is 2.85. The Hall–Kier alpha value is -1.65. The lowest BCUT2D eigenvalue weighted by Crippen LogP contribution is -2.44. The number of piperidine rings is 1. The Labute approximate surface area is 113 Å². The van der Waals surface area contributed by atoms with Gasteiger partial charge in [-0.25, -0.2) is 9.97 Å². The van der Waals surface area contributed by atoms with E-state index in [0.29, 0.717) is 11.9 Å². The van der Waals surface area contributed by atoms with Crippen molar-refractivity contribution in [2.75, 3.05) is 11.9 Å². The highest BCUT2D eigenvalue weighted by Crippen LogP contribution is 2.33. The molecule has 2 N–H and O–H groups in total. The van der Waals surface area contributed by atoms with E-state index in [9.17, 15) is 4.79 Å². The summed E-state index contributed by atoms with van der Waals surface area (Å²) in [4.78, 5) is 20.5. The second-order valence-electron chi connectivity index (χ2n) is 5.42. The molecule has 2 fully saturated rings. The van der Waals surface area contributed by atoms with Crippen molar-refractivity contribution in [3.8, 4) is 0 Å². The van der Waals surface area contributed by atoms with Crippen LogP contribution in [0.4, 0.5) is 5.95 Å². The zero-order chi connectivity index (χ0) is 13.1. The van der Waals surface area contributed by atoms with Crippen LogP contribution in [0.5, 0.6) is 0 Å². The lowest BCUT2D eigenvalue weighted by molar-refractivity contribution is -0.123. The highest BCUT2D eigenvalue weighted by Gasteiger charge is 2.23. The highest BCUT2D eigenvalue weighted by molar-refractivity contribution is 5.84. The molecule has 1 aromatic rings. The summed E-state index contributed by atoms with van der Waals surface area (Å²) in [5.74, 6) is 1.22. The molecule has 19 heavy (non-hydrogen) atoms. The van der Waals surface area contributed by atoms with E-state index in [-0.39, 0.29) is 11.9 Å². The van der Waals surface area contributed by atoms with E-state index < -0.39 is 0 Å². The first-order valence-electron chi connectivity index (χ1n) is 7.20. The predicted molar refractivity (Wildman–Crippen MR) is 72.9 cm³/mol. The van der Waals surface area contributed by atoms with Gasteiger partial charge in [-0.3, -0.25) is 4.79 Å². The summed E-state index contributed by atoms with van der Waals surface area (Å²) in [5, 5.41) is 6.03. The molecule has 0 bridgehead atoms. The van der Waals surface area contributed by atoms with Gasteiger partial charge in [0.2, 0.25) is 11.9 Å². The Morgan fingerprint density at radius 1 is 1.21 bits per heavy atom. The molecule has 1 saturated carbocycles. The standard InChI is InChI=1S/C14H20N4O/c19-13-12(6-3-8-15-13)18-14-16-9-7-11(17-14)10-4-1-2-5-10/h7,9-10,12H,1-6,8H2,(H,15,19)(H,16,17,18). The maximum atomic E-state index is 11.7. The zero-order valence-corrected chi connectivity index (χ0v) is 11.1. The van der Waals surface area contributed by atoms with Gasteiger partial charge in [0.15, 0.2) is 0 Å². The first-order valence-corrected chi connectivity index (χ1v) is 7.20. The molecule has 1 amide bonds. The van der Waals surface area contributed by atoms with E-state index in [0.717, 1.165) is 25.1 Å². The van der Waals surface area contributed by atoms with Crippen LogP contribution < -0.4 is 10.6 Å². The maximum absolute atomic E-state index is 11.7. The van der Waals surface area contributed by atoms with Gasteiger partial charge < -0.3 is 10.6 Å². The van der Waals surface area contributed by atoms with Crippen LogP contribution in [0.2, 0.25) is 0 Å². The van der Waals surface area contributed by atoms with Gasteiger partial charge in [0, 0.05) is 24.4 Å². The van der Waals surface area contributed by atoms with Crippen LogP contribution >= 0.6 is 0 Å². The monoisotopic (exact) mass is 260 g/mol. The van der Waals surface area contributed by atoms with Crippen LogP contribution in [0.15, 0.2) is 12.3 Å². The van der Waals surface area contributed by atoms with Crippen LogP contribution in [0.25, 0.3) is 0 Å². The van der Waals surface area contributed by atoms with Crippen molar-refractivity contribution >= 4 is 11.9 Å². The van der Waals surface area contributed by atoms with E-state index in [1.165, 1.54) is 25.7 Å². The maximum Gasteiger partial charge on any atom is 0.242 e. The second kappa shape index (κ2) is 5.55. The fourth-order valence-electron chi connectivity index (χ4n) is 2.96. The van der Waals surface area contributed by atoms with Crippen molar-refractivity contribution < 1.29 is 4.79 Å². The fraction of sp³-hybridized carbons (Fsp3) is 0.643. The van der Waals surface area contributed by atoms with E-state index >= 15 is 0 Å². The highest BCUT2D eigenvalue weighted by atomic mass is 16.2. The van der Waals surface area contributed by atoms with E-state index in [1.54, 1.807) is 6.20 Å². The quantitative estimate of drug-likeness (QED) is 0.870. The number of aromatic nitrogens is 2. The Balaban J connectivity index is 1.70. The Morgan fingerprint density at radius 3 is 2.84 bits per heavy atom. The largest absolute Gasteiger partial charge is 0.354 e. The van der Waals surface area contributed by atoms with Gasteiger partial charge in [0.25, 0.3) is 0 Å². The summed E-state index contributed by atoms with van der Waals surface area (Å²) >= 11 is 0. The Kier molecular flexibility index (Phi) is 3.62. The minimum absolute atomic E-state index is 0.0566. The topological polar surface area (TPSA) is 66.9 Å². The lowest BCUT2D eigenvalue weighted by Gasteiger charge is -2.23. The molecule has 0 aromatic carbocycles. The molecule has 1 unspecified atom stereocenters. The number of amides is 1. The molecule has 1 aliphatic carbocycles. The minimum Gasteiger partial charge on any atom is -0.354 e. The number of hydrogen-bond acceptors (Lipinski definition) is 4. The number of hydrogen-bond donors (Lipinski definition) is 2. The summed E-state index contributed by atoms with van der Waals surface area (Å²) in [6, 6.07) is 1.81. The molecule has 2 heterocycles. The van der Waals surface area contributed by atoms with Gasteiger partial charge >= 0.3 is 0 Å². The summed E-state index contributed by atoms with van der Waals surface area (Å²) in [6.45, 7) is 0.778. The van der Waals surface area contributed by atoms with Crippen LogP contribution in [0, 0.1) is 0 Å². The molecule has 0 radical (unpaired) electrons. The molecule has 1 aromatic heterocycles. The lowest BCUT2D eigenvalue weighted by atomic mass is 10.0. The van der Waals surface area contributed by atoms with Crippen LogP contribution in [-0.2, 0) is 4.79 Å². The number of nitrogens with one attached hydrogen (secondary N) is 2. The first kappa shape index (κ1) is 12.4. The van der Waals surface area contributed by atoms with Crippen molar-refractivity contribution in [2.45, 2.75) is 50.5 Å². The van der Waals surface area contributed by atoms with Gasteiger partial charge in [-0.1, -0.05) is 12.8 Å². The van der Waals surface area contributed by atoms with Crippen molar-refractivity contribution in [3.05, 3.63) is 18.0 Å². The predicted octanol–water partition coefficient (Wildman–Crippen LogP) is 1.82. The smallest absolute Gasteiger partial charge is 0.242 e. The van der Waals surface area contributed by atoms with Crippen molar-refractivity contribution in [3.63, 3.8) is 0 Å². The number of anilines is 1. The third-order valence-corrected chi connectivity index (χ3v) is 4.04. The first-order chi connectivity index (χ1) is 9.33. The van der Waals surface area contributed by atoms with Gasteiger partial charge in [0.05, 0.1) is 0 Å². The van der Waals surface area contributed by atoms with Crippen molar-refractivity contribution in [2.24, 2.45) is 0 Å². The molecule has 1 saturated heterocycles. The Bertz CT molecular complexity index is 457. The number of carbonyl (C=O) groups excluding carboxylic acids is 1. The second-order valence-corrected chi connectivity index (χ2v) is 5.42.